The highest BCUT2D eigenvalue weighted by Crippen LogP contribution is 2.13. The SMILES string of the molecule is Cc1nn(-c2ccccc2)cc1C(=O)NCCC1CCNC1. The van der Waals surface area contributed by atoms with Crippen LogP contribution < -0.4 is 10.6 Å². The van der Waals surface area contributed by atoms with Crippen molar-refractivity contribution in [3.63, 3.8) is 0 Å². The normalized spacial score (nSPS) is 17.6. The lowest BCUT2D eigenvalue weighted by atomic mass is 10.1. The van der Waals surface area contributed by atoms with Crippen molar-refractivity contribution in [3.8, 4) is 5.69 Å². The summed E-state index contributed by atoms with van der Waals surface area (Å²) in [5, 5.41) is 10.8. The number of aromatic nitrogens is 2. The topological polar surface area (TPSA) is 59.0 Å². The molecule has 1 aromatic heterocycles. The Bertz CT molecular complexity index is 629. The number of carbonyl (C=O) groups is 1. The molecule has 2 N–H and O–H groups in total. The molecule has 2 aromatic rings. The van der Waals surface area contributed by atoms with E-state index in [1.807, 2.05) is 37.3 Å². The van der Waals surface area contributed by atoms with Crippen LogP contribution in [0.2, 0.25) is 0 Å². The minimum absolute atomic E-state index is 0.0364. The summed E-state index contributed by atoms with van der Waals surface area (Å²) in [5.41, 5.74) is 2.36. The Morgan fingerprint density at radius 3 is 2.95 bits per heavy atom. The zero-order valence-electron chi connectivity index (χ0n) is 12.9. The smallest absolute Gasteiger partial charge is 0.254 e. The third-order valence-corrected chi connectivity index (χ3v) is 4.16. The summed E-state index contributed by atoms with van der Waals surface area (Å²) >= 11 is 0. The maximum absolute atomic E-state index is 12.3. The Balaban J connectivity index is 1.61. The molecular formula is C17H22N4O. The fraction of sp³-hybridized carbons (Fsp3) is 0.412. The van der Waals surface area contributed by atoms with E-state index in [0.717, 1.165) is 37.4 Å². The third-order valence-electron chi connectivity index (χ3n) is 4.16. The first kappa shape index (κ1) is 14.8. The predicted molar refractivity (Wildman–Crippen MR) is 86.2 cm³/mol. The average molecular weight is 298 g/mol. The van der Waals surface area contributed by atoms with Crippen LogP contribution in [0, 0.1) is 12.8 Å². The summed E-state index contributed by atoms with van der Waals surface area (Å²) in [4.78, 5) is 12.3. The molecule has 5 heteroatoms. The number of carbonyl (C=O) groups excluding carboxylic acids is 1. The highest BCUT2D eigenvalue weighted by atomic mass is 16.1. The van der Waals surface area contributed by atoms with E-state index in [0.29, 0.717) is 11.5 Å². The van der Waals surface area contributed by atoms with Crippen LogP contribution in [0.15, 0.2) is 36.5 Å². The van der Waals surface area contributed by atoms with Gasteiger partial charge in [0.05, 0.1) is 16.9 Å². The number of benzene rings is 1. The molecule has 1 aliphatic heterocycles. The lowest BCUT2D eigenvalue weighted by molar-refractivity contribution is 0.0951. The van der Waals surface area contributed by atoms with E-state index < -0.39 is 0 Å². The first-order chi connectivity index (χ1) is 10.7. The molecular weight excluding hydrogens is 276 g/mol. The highest BCUT2D eigenvalue weighted by molar-refractivity contribution is 5.95. The zero-order valence-corrected chi connectivity index (χ0v) is 12.9. The summed E-state index contributed by atoms with van der Waals surface area (Å²) in [6.45, 7) is 4.76. The van der Waals surface area contributed by atoms with Crippen LogP contribution >= 0.6 is 0 Å². The van der Waals surface area contributed by atoms with Gasteiger partial charge in [-0.25, -0.2) is 4.68 Å². The lowest BCUT2D eigenvalue weighted by Gasteiger charge is -2.08. The third kappa shape index (κ3) is 3.36. The summed E-state index contributed by atoms with van der Waals surface area (Å²) < 4.78 is 1.76. The van der Waals surface area contributed by atoms with Crippen molar-refractivity contribution >= 4 is 5.91 Å². The fourth-order valence-corrected chi connectivity index (χ4v) is 2.84. The molecule has 1 aliphatic rings. The van der Waals surface area contributed by atoms with Gasteiger partial charge in [-0.2, -0.15) is 5.10 Å². The molecule has 2 heterocycles. The van der Waals surface area contributed by atoms with Crippen molar-refractivity contribution in [1.29, 1.82) is 0 Å². The minimum Gasteiger partial charge on any atom is -0.352 e. The summed E-state index contributed by atoms with van der Waals surface area (Å²) in [7, 11) is 0. The first-order valence-corrected chi connectivity index (χ1v) is 7.84. The molecule has 1 fully saturated rings. The van der Waals surface area contributed by atoms with Crippen LogP contribution in [0.5, 0.6) is 0 Å². The van der Waals surface area contributed by atoms with E-state index in [2.05, 4.69) is 15.7 Å². The maximum atomic E-state index is 12.3. The second kappa shape index (κ2) is 6.75. The quantitative estimate of drug-likeness (QED) is 0.886. The molecule has 1 amide bonds. The fourth-order valence-electron chi connectivity index (χ4n) is 2.84. The van der Waals surface area contributed by atoms with Gasteiger partial charge in [0.1, 0.15) is 0 Å². The molecule has 0 radical (unpaired) electrons. The van der Waals surface area contributed by atoms with E-state index in [1.54, 1.807) is 10.9 Å². The molecule has 0 bridgehead atoms. The molecule has 116 valence electrons. The number of aryl methyl sites for hydroxylation is 1. The molecule has 0 saturated carbocycles. The van der Waals surface area contributed by atoms with Crippen molar-refractivity contribution in [2.45, 2.75) is 19.8 Å². The Hall–Kier alpha value is -2.14. The number of nitrogens with zero attached hydrogens (tertiary/aromatic N) is 2. The molecule has 0 aliphatic carbocycles. The van der Waals surface area contributed by atoms with Crippen LogP contribution in [-0.4, -0.2) is 35.3 Å². The van der Waals surface area contributed by atoms with Crippen molar-refractivity contribution in [3.05, 3.63) is 47.8 Å². The summed E-state index contributed by atoms with van der Waals surface area (Å²) in [5.74, 6) is 0.652. The largest absolute Gasteiger partial charge is 0.352 e. The molecule has 1 aromatic carbocycles. The Kier molecular flexibility index (Phi) is 4.53. The second-order valence-corrected chi connectivity index (χ2v) is 5.81. The number of hydrogen-bond acceptors (Lipinski definition) is 3. The van der Waals surface area contributed by atoms with Crippen molar-refractivity contribution < 1.29 is 4.79 Å². The Morgan fingerprint density at radius 1 is 1.41 bits per heavy atom. The van der Waals surface area contributed by atoms with Gasteiger partial charge in [0.2, 0.25) is 0 Å². The monoisotopic (exact) mass is 298 g/mol. The molecule has 22 heavy (non-hydrogen) atoms. The molecule has 0 spiro atoms. The predicted octanol–water partition coefficient (Wildman–Crippen LogP) is 1.91. The van der Waals surface area contributed by atoms with Crippen molar-refractivity contribution in [2.24, 2.45) is 5.92 Å². The van der Waals surface area contributed by atoms with E-state index in [-0.39, 0.29) is 5.91 Å². The van der Waals surface area contributed by atoms with Gasteiger partial charge >= 0.3 is 0 Å². The van der Waals surface area contributed by atoms with E-state index >= 15 is 0 Å². The van der Waals surface area contributed by atoms with Gasteiger partial charge < -0.3 is 10.6 Å². The van der Waals surface area contributed by atoms with Gasteiger partial charge in [0, 0.05) is 12.7 Å². The number of hydrogen-bond donors (Lipinski definition) is 2. The van der Waals surface area contributed by atoms with Crippen molar-refractivity contribution in [2.75, 3.05) is 19.6 Å². The number of rotatable bonds is 5. The van der Waals surface area contributed by atoms with Crippen LogP contribution in [0.1, 0.15) is 28.9 Å². The van der Waals surface area contributed by atoms with Crippen molar-refractivity contribution in [1.82, 2.24) is 20.4 Å². The van der Waals surface area contributed by atoms with Gasteiger partial charge in [-0.15, -0.1) is 0 Å². The number of amides is 1. The molecule has 3 rings (SSSR count). The van der Waals surface area contributed by atoms with Gasteiger partial charge in [0.15, 0.2) is 0 Å². The summed E-state index contributed by atoms with van der Waals surface area (Å²) in [6, 6.07) is 9.83. The first-order valence-electron chi connectivity index (χ1n) is 7.84. The van der Waals surface area contributed by atoms with Gasteiger partial charge in [-0.1, -0.05) is 18.2 Å². The van der Waals surface area contributed by atoms with E-state index in [4.69, 9.17) is 0 Å². The lowest BCUT2D eigenvalue weighted by Crippen LogP contribution is -2.26. The van der Waals surface area contributed by atoms with Gasteiger partial charge in [-0.3, -0.25) is 4.79 Å². The molecule has 1 unspecified atom stereocenters. The van der Waals surface area contributed by atoms with E-state index in [1.165, 1.54) is 6.42 Å². The maximum Gasteiger partial charge on any atom is 0.254 e. The molecule has 5 nitrogen and oxygen atoms in total. The Labute approximate surface area is 130 Å². The van der Waals surface area contributed by atoms with Crippen LogP contribution in [0.25, 0.3) is 5.69 Å². The van der Waals surface area contributed by atoms with Crippen LogP contribution in [0.3, 0.4) is 0 Å². The standard InChI is InChI=1S/C17H22N4O/c1-13-16(12-21(20-13)15-5-3-2-4-6-15)17(22)19-10-8-14-7-9-18-11-14/h2-6,12,14,18H,7-11H2,1H3,(H,19,22). The summed E-state index contributed by atoms with van der Waals surface area (Å²) in [6.07, 6.45) is 4.04. The molecule has 1 atom stereocenters. The number of nitrogens with one attached hydrogen (secondary N) is 2. The van der Waals surface area contributed by atoms with Gasteiger partial charge in [-0.05, 0) is 50.9 Å². The van der Waals surface area contributed by atoms with Crippen LogP contribution in [0.4, 0.5) is 0 Å². The number of para-hydroxylation sites is 1. The average Bonchev–Trinajstić information content (AvgIpc) is 3.17. The van der Waals surface area contributed by atoms with Crippen LogP contribution in [-0.2, 0) is 0 Å². The van der Waals surface area contributed by atoms with E-state index in [9.17, 15) is 4.79 Å². The Morgan fingerprint density at radius 2 is 2.23 bits per heavy atom. The minimum atomic E-state index is -0.0364. The molecule has 1 saturated heterocycles. The van der Waals surface area contributed by atoms with Gasteiger partial charge in [0.25, 0.3) is 5.91 Å². The zero-order chi connectivity index (χ0) is 15.4. The second-order valence-electron chi connectivity index (χ2n) is 5.81. The highest BCUT2D eigenvalue weighted by Gasteiger charge is 2.16.